The van der Waals surface area contributed by atoms with Crippen LogP contribution in [0.15, 0.2) is 15.8 Å². The normalized spacial score (nSPS) is 19.1. The average molecular weight is 252 g/mol. The third kappa shape index (κ3) is 2.59. The van der Waals surface area contributed by atoms with E-state index in [1.54, 1.807) is 0 Å². The molecule has 6 heteroatoms. The van der Waals surface area contributed by atoms with Crippen molar-refractivity contribution in [1.82, 2.24) is 9.55 Å². The predicted molar refractivity (Wildman–Crippen MR) is 64.6 cm³/mol. The number of nitrogens with one attached hydrogen (secondary N) is 1. The van der Waals surface area contributed by atoms with Crippen molar-refractivity contribution in [3.05, 3.63) is 32.6 Å². The van der Waals surface area contributed by atoms with Gasteiger partial charge in [0.05, 0.1) is 13.2 Å². The largest absolute Gasteiger partial charge is 0.381 e. The van der Waals surface area contributed by atoms with Crippen LogP contribution < -0.4 is 11.2 Å². The van der Waals surface area contributed by atoms with E-state index in [1.807, 2.05) is 6.92 Å². The zero-order valence-electron chi connectivity index (χ0n) is 10.3. The number of ether oxygens (including phenoxy) is 1. The van der Waals surface area contributed by atoms with Crippen LogP contribution in [0.5, 0.6) is 0 Å². The van der Waals surface area contributed by atoms with Gasteiger partial charge in [-0.3, -0.25) is 19.1 Å². The van der Waals surface area contributed by atoms with Crippen LogP contribution in [0.1, 0.15) is 18.9 Å². The van der Waals surface area contributed by atoms with Crippen LogP contribution in [-0.2, 0) is 22.5 Å². The van der Waals surface area contributed by atoms with Gasteiger partial charge in [0.15, 0.2) is 5.78 Å². The van der Waals surface area contributed by atoms with Crippen molar-refractivity contribution in [2.45, 2.75) is 26.3 Å². The van der Waals surface area contributed by atoms with Gasteiger partial charge in [0.1, 0.15) is 0 Å². The molecule has 2 heterocycles. The minimum Gasteiger partial charge on any atom is -0.381 e. The lowest BCUT2D eigenvalue weighted by molar-refractivity contribution is -0.123. The number of H-pyrrole nitrogens is 1. The Morgan fingerprint density at radius 2 is 2.33 bits per heavy atom. The predicted octanol–water partition coefficient (Wildman–Crippen LogP) is -0.295. The van der Waals surface area contributed by atoms with Crippen LogP contribution in [0, 0.1) is 5.92 Å². The van der Waals surface area contributed by atoms with Gasteiger partial charge in [-0.25, -0.2) is 4.79 Å². The van der Waals surface area contributed by atoms with E-state index in [1.165, 1.54) is 10.8 Å². The summed E-state index contributed by atoms with van der Waals surface area (Å²) in [5.41, 5.74) is -0.412. The molecule has 0 amide bonds. The number of Topliss-reactive ketones (excluding diaryl/α,β-unsaturated/α-hetero) is 1. The number of ketones is 1. The second-order valence-corrected chi connectivity index (χ2v) is 4.42. The number of hydrogen-bond acceptors (Lipinski definition) is 4. The lowest BCUT2D eigenvalue weighted by atomic mass is 10.0. The molecular weight excluding hydrogens is 236 g/mol. The monoisotopic (exact) mass is 252 g/mol. The molecule has 0 spiro atoms. The van der Waals surface area contributed by atoms with E-state index in [4.69, 9.17) is 4.74 Å². The van der Waals surface area contributed by atoms with Crippen LogP contribution in [0.25, 0.3) is 0 Å². The molecule has 18 heavy (non-hydrogen) atoms. The lowest BCUT2D eigenvalue weighted by Gasteiger charge is -2.09. The first-order chi connectivity index (χ1) is 8.61. The van der Waals surface area contributed by atoms with E-state index in [-0.39, 0.29) is 23.8 Å². The summed E-state index contributed by atoms with van der Waals surface area (Å²) in [6, 6.07) is 0. The molecular formula is C12H16N2O4. The Kier molecular flexibility index (Phi) is 3.76. The molecule has 1 N–H and O–H groups in total. The number of rotatable bonds is 4. The third-order valence-electron chi connectivity index (χ3n) is 3.18. The van der Waals surface area contributed by atoms with Crippen molar-refractivity contribution in [2.75, 3.05) is 13.2 Å². The molecule has 0 saturated carbocycles. The molecule has 1 unspecified atom stereocenters. The zero-order chi connectivity index (χ0) is 13.1. The second kappa shape index (κ2) is 5.30. The first kappa shape index (κ1) is 12.8. The van der Waals surface area contributed by atoms with Crippen LogP contribution in [-0.4, -0.2) is 28.5 Å². The van der Waals surface area contributed by atoms with Gasteiger partial charge < -0.3 is 4.74 Å². The van der Waals surface area contributed by atoms with E-state index in [0.29, 0.717) is 31.6 Å². The van der Waals surface area contributed by atoms with Crippen LogP contribution in [0.4, 0.5) is 0 Å². The number of carbonyl (C=O) groups excluding carboxylic acids is 1. The van der Waals surface area contributed by atoms with Gasteiger partial charge in [0.25, 0.3) is 5.56 Å². The van der Waals surface area contributed by atoms with E-state index in [2.05, 4.69) is 4.98 Å². The summed E-state index contributed by atoms with van der Waals surface area (Å²) in [6.45, 7) is 2.84. The van der Waals surface area contributed by atoms with E-state index in [0.717, 1.165) is 0 Å². The number of carbonyl (C=O) groups is 1. The molecule has 0 aliphatic carbocycles. The highest BCUT2D eigenvalue weighted by Gasteiger charge is 2.23. The summed E-state index contributed by atoms with van der Waals surface area (Å²) in [7, 11) is 0. The molecule has 0 aromatic carbocycles. The molecule has 98 valence electrons. The molecule has 1 saturated heterocycles. The fourth-order valence-corrected chi connectivity index (χ4v) is 2.01. The Bertz CT molecular complexity index is 552. The second-order valence-electron chi connectivity index (χ2n) is 4.42. The Hall–Kier alpha value is -1.69. The number of hydrogen-bond donors (Lipinski definition) is 1. The highest BCUT2D eigenvalue weighted by molar-refractivity contribution is 5.81. The summed E-state index contributed by atoms with van der Waals surface area (Å²) in [6.07, 6.45) is 2.70. The maximum Gasteiger partial charge on any atom is 0.328 e. The standard InChI is InChI=1S/C12H16N2O4/c1-2-8-5-14(12(17)13-11(8)16)6-10(15)9-3-4-18-7-9/h5,9H,2-4,6-7H2,1H3,(H,13,16,17). The van der Waals surface area contributed by atoms with Crippen LogP contribution in [0.3, 0.4) is 0 Å². The summed E-state index contributed by atoms with van der Waals surface area (Å²) in [5.74, 6) is -0.155. The van der Waals surface area contributed by atoms with Crippen molar-refractivity contribution in [3.8, 4) is 0 Å². The molecule has 6 nitrogen and oxygen atoms in total. The number of nitrogens with zero attached hydrogens (tertiary/aromatic N) is 1. The minimum absolute atomic E-state index is 0.00333. The molecule has 1 aliphatic rings. The van der Waals surface area contributed by atoms with Crippen LogP contribution >= 0.6 is 0 Å². The first-order valence-electron chi connectivity index (χ1n) is 6.05. The van der Waals surface area contributed by atoms with E-state index < -0.39 is 5.69 Å². The molecule has 0 bridgehead atoms. The smallest absolute Gasteiger partial charge is 0.328 e. The van der Waals surface area contributed by atoms with Gasteiger partial charge in [0, 0.05) is 24.3 Å². The maximum absolute atomic E-state index is 11.9. The molecule has 1 aromatic rings. The molecule has 1 atom stereocenters. The van der Waals surface area contributed by atoms with Crippen molar-refractivity contribution in [1.29, 1.82) is 0 Å². The molecule has 1 aliphatic heterocycles. The Morgan fingerprint density at radius 3 is 2.94 bits per heavy atom. The summed E-state index contributed by atoms with van der Waals surface area (Å²) >= 11 is 0. The van der Waals surface area contributed by atoms with Gasteiger partial charge in [-0.15, -0.1) is 0 Å². The molecule has 0 radical (unpaired) electrons. The van der Waals surface area contributed by atoms with Crippen molar-refractivity contribution in [3.63, 3.8) is 0 Å². The van der Waals surface area contributed by atoms with Gasteiger partial charge in [0.2, 0.25) is 0 Å². The van der Waals surface area contributed by atoms with E-state index in [9.17, 15) is 14.4 Å². The lowest BCUT2D eigenvalue weighted by Crippen LogP contribution is -2.34. The number of aryl methyl sites for hydroxylation is 1. The molecule has 2 rings (SSSR count). The van der Waals surface area contributed by atoms with Gasteiger partial charge >= 0.3 is 5.69 Å². The Morgan fingerprint density at radius 1 is 1.56 bits per heavy atom. The van der Waals surface area contributed by atoms with Crippen LogP contribution in [0.2, 0.25) is 0 Å². The topological polar surface area (TPSA) is 81.2 Å². The number of aromatic nitrogens is 2. The van der Waals surface area contributed by atoms with Crippen molar-refractivity contribution in [2.24, 2.45) is 5.92 Å². The summed E-state index contributed by atoms with van der Waals surface area (Å²) in [5, 5.41) is 0. The van der Waals surface area contributed by atoms with Gasteiger partial charge in [-0.2, -0.15) is 0 Å². The average Bonchev–Trinajstić information content (AvgIpc) is 2.86. The zero-order valence-corrected chi connectivity index (χ0v) is 10.3. The quantitative estimate of drug-likeness (QED) is 0.798. The fourth-order valence-electron chi connectivity index (χ4n) is 2.01. The fraction of sp³-hybridized carbons (Fsp3) is 0.583. The Labute approximate surface area is 104 Å². The SMILES string of the molecule is CCc1cn(CC(=O)C2CCOC2)c(=O)[nH]c1=O. The third-order valence-corrected chi connectivity index (χ3v) is 3.18. The molecule has 1 aromatic heterocycles. The van der Waals surface area contributed by atoms with E-state index >= 15 is 0 Å². The summed E-state index contributed by atoms with van der Waals surface area (Å²) < 4.78 is 6.41. The minimum atomic E-state index is -0.538. The number of aromatic amines is 1. The van der Waals surface area contributed by atoms with Crippen molar-refractivity contribution >= 4 is 5.78 Å². The highest BCUT2D eigenvalue weighted by atomic mass is 16.5. The Balaban J connectivity index is 2.20. The highest BCUT2D eigenvalue weighted by Crippen LogP contribution is 2.13. The van der Waals surface area contributed by atoms with Gasteiger partial charge in [-0.1, -0.05) is 6.92 Å². The van der Waals surface area contributed by atoms with Crippen molar-refractivity contribution < 1.29 is 9.53 Å². The molecule has 1 fully saturated rings. The maximum atomic E-state index is 11.9. The van der Waals surface area contributed by atoms with Gasteiger partial charge in [-0.05, 0) is 12.8 Å². The summed E-state index contributed by atoms with van der Waals surface area (Å²) in [4.78, 5) is 37.1. The first-order valence-corrected chi connectivity index (χ1v) is 6.05.